The van der Waals surface area contributed by atoms with Gasteiger partial charge in [-0.3, -0.25) is 0 Å². The first kappa shape index (κ1) is 13.6. The molecule has 1 aliphatic rings. The second-order valence-electron chi connectivity index (χ2n) is 5.65. The highest BCUT2D eigenvalue weighted by atomic mass is 15.1. The lowest BCUT2D eigenvalue weighted by Gasteiger charge is -2.25. The number of nitrogens with two attached hydrogens (primary N) is 1. The second-order valence-corrected chi connectivity index (χ2v) is 5.65. The summed E-state index contributed by atoms with van der Waals surface area (Å²) in [7, 11) is 0. The van der Waals surface area contributed by atoms with Crippen molar-refractivity contribution in [3.8, 4) is 0 Å². The van der Waals surface area contributed by atoms with Crippen molar-refractivity contribution in [2.45, 2.75) is 38.6 Å². The van der Waals surface area contributed by atoms with E-state index in [2.05, 4.69) is 42.2 Å². The van der Waals surface area contributed by atoms with Crippen molar-refractivity contribution < 1.29 is 0 Å². The molecule has 1 aromatic rings. The molecular weight excluding hydrogens is 220 g/mol. The van der Waals surface area contributed by atoms with Crippen LogP contribution in [0.25, 0.3) is 0 Å². The average molecular weight is 246 g/mol. The molecule has 0 amide bonds. The predicted molar refractivity (Wildman–Crippen MR) is 77.6 cm³/mol. The summed E-state index contributed by atoms with van der Waals surface area (Å²) in [6.45, 7) is 5.75. The highest BCUT2D eigenvalue weighted by Crippen LogP contribution is 2.29. The van der Waals surface area contributed by atoms with Gasteiger partial charge in [0.2, 0.25) is 0 Å². The SMILES string of the molecule is CCCN(CC1CC1)C[C@@H](N)Cc1ccccc1. The van der Waals surface area contributed by atoms with E-state index in [-0.39, 0.29) is 6.04 Å². The maximum absolute atomic E-state index is 6.29. The summed E-state index contributed by atoms with van der Waals surface area (Å²) >= 11 is 0. The zero-order valence-electron chi connectivity index (χ0n) is 11.5. The van der Waals surface area contributed by atoms with Gasteiger partial charge in [0.1, 0.15) is 0 Å². The largest absolute Gasteiger partial charge is 0.326 e. The summed E-state index contributed by atoms with van der Waals surface area (Å²) in [5.74, 6) is 0.959. The third-order valence-electron chi connectivity index (χ3n) is 3.59. The number of hydrogen-bond acceptors (Lipinski definition) is 2. The van der Waals surface area contributed by atoms with E-state index in [0.717, 1.165) is 18.9 Å². The molecule has 0 unspecified atom stereocenters. The molecule has 2 N–H and O–H groups in total. The second kappa shape index (κ2) is 6.91. The highest BCUT2D eigenvalue weighted by molar-refractivity contribution is 5.15. The molecule has 0 saturated heterocycles. The van der Waals surface area contributed by atoms with Gasteiger partial charge in [-0.1, -0.05) is 37.3 Å². The van der Waals surface area contributed by atoms with Crippen LogP contribution >= 0.6 is 0 Å². The Balaban J connectivity index is 1.78. The number of hydrogen-bond donors (Lipinski definition) is 1. The fourth-order valence-corrected chi connectivity index (χ4v) is 2.55. The summed E-state index contributed by atoms with van der Waals surface area (Å²) in [6, 6.07) is 10.9. The van der Waals surface area contributed by atoms with Gasteiger partial charge in [0.25, 0.3) is 0 Å². The third kappa shape index (κ3) is 4.79. The molecule has 0 bridgehead atoms. The van der Waals surface area contributed by atoms with E-state index in [4.69, 9.17) is 5.73 Å². The number of benzene rings is 1. The lowest BCUT2D eigenvalue weighted by Crippen LogP contribution is -2.40. The molecule has 18 heavy (non-hydrogen) atoms. The smallest absolute Gasteiger partial charge is 0.0208 e. The minimum atomic E-state index is 0.262. The summed E-state index contributed by atoms with van der Waals surface area (Å²) in [6.07, 6.45) is 5.07. The van der Waals surface area contributed by atoms with E-state index in [1.54, 1.807) is 0 Å². The zero-order chi connectivity index (χ0) is 12.8. The third-order valence-corrected chi connectivity index (χ3v) is 3.59. The molecule has 1 atom stereocenters. The predicted octanol–water partition coefficient (Wildman–Crippen LogP) is 2.68. The molecule has 0 radical (unpaired) electrons. The maximum atomic E-state index is 6.29. The highest BCUT2D eigenvalue weighted by Gasteiger charge is 2.24. The van der Waals surface area contributed by atoms with Crippen molar-refractivity contribution in [2.75, 3.05) is 19.6 Å². The van der Waals surface area contributed by atoms with Crippen LogP contribution in [0.5, 0.6) is 0 Å². The Morgan fingerprint density at radius 3 is 2.61 bits per heavy atom. The van der Waals surface area contributed by atoms with E-state index in [9.17, 15) is 0 Å². The monoisotopic (exact) mass is 246 g/mol. The molecule has 1 aromatic carbocycles. The molecule has 0 aromatic heterocycles. The lowest BCUT2D eigenvalue weighted by atomic mass is 10.1. The first-order valence-corrected chi connectivity index (χ1v) is 7.29. The molecule has 2 heteroatoms. The molecule has 1 saturated carbocycles. The van der Waals surface area contributed by atoms with Gasteiger partial charge in [-0.05, 0) is 43.7 Å². The van der Waals surface area contributed by atoms with Gasteiger partial charge < -0.3 is 10.6 Å². The van der Waals surface area contributed by atoms with E-state index in [1.165, 1.54) is 37.9 Å². The summed E-state index contributed by atoms with van der Waals surface area (Å²) in [5.41, 5.74) is 7.65. The van der Waals surface area contributed by atoms with E-state index in [0.29, 0.717) is 0 Å². The summed E-state index contributed by atoms with van der Waals surface area (Å²) in [5, 5.41) is 0. The van der Waals surface area contributed by atoms with Gasteiger partial charge in [-0.15, -0.1) is 0 Å². The van der Waals surface area contributed by atoms with Crippen LogP contribution in [0.15, 0.2) is 30.3 Å². The molecular formula is C16H26N2. The van der Waals surface area contributed by atoms with Crippen molar-refractivity contribution >= 4 is 0 Å². The van der Waals surface area contributed by atoms with Crippen molar-refractivity contribution in [2.24, 2.45) is 11.7 Å². The fourth-order valence-electron chi connectivity index (χ4n) is 2.55. The van der Waals surface area contributed by atoms with Gasteiger partial charge in [-0.25, -0.2) is 0 Å². The van der Waals surface area contributed by atoms with Crippen molar-refractivity contribution in [3.63, 3.8) is 0 Å². The normalized spacial score (nSPS) is 17.1. The van der Waals surface area contributed by atoms with Gasteiger partial charge >= 0.3 is 0 Å². The molecule has 0 heterocycles. The van der Waals surface area contributed by atoms with Crippen molar-refractivity contribution in [3.05, 3.63) is 35.9 Å². The Labute approximate surface area is 111 Å². The Bertz CT molecular complexity index is 332. The lowest BCUT2D eigenvalue weighted by molar-refractivity contribution is 0.246. The minimum absolute atomic E-state index is 0.262. The molecule has 2 rings (SSSR count). The van der Waals surface area contributed by atoms with Gasteiger partial charge in [0.05, 0.1) is 0 Å². The van der Waals surface area contributed by atoms with Crippen LogP contribution in [0.1, 0.15) is 31.7 Å². The zero-order valence-corrected chi connectivity index (χ0v) is 11.5. The molecule has 100 valence electrons. The Morgan fingerprint density at radius 2 is 2.00 bits per heavy atom. The van der Waals surface area contributed by atoms with Crippen LogP contribution in [0.4, 0.5) is 0 Å². The van der Waals surface area contributed by atoms with Crippen LogP contribution in [0.2, 0.25) is 0 Å². The van der Waals surface area contributed by atoms with Crippen LogP contribution in [-0.4, -0.2) is 30.6 Å². The van der Waals surface area contributed by atoms with E-state index < -0.39 is 0 Å². The maximum Gasteiger partial charge on any atom is 0.0208 e. The Hall–Kier alpha value is -0.860. The first-order chi connectivity index (χ1) is 8.78. The Morgan fingerprint density at radius 1 is 1.28 bits per heavy atom. The van der Waals surface area contributed by atoms with Crippen molar-refractivity contribution in [1.29, 1.82) is 0 Å². The Kier molecular flexibility index (Phi) is 5.21. The minimum Gasteiger partial charge on any atom is -0.326 e. The van der Waals surface area contributed by atoms with Gasteiger partial charge in [0, 0.05) is 19.1 Å². The van der Waals surface area contributed by atoms with E-state index >= 15 is 0 Å². The number of rotatable bonds is 8. The topological polar surface area (TPSA) is 29.3 Å². The average Bonchev–Trinajstić information content (AvgIpc) is 3.14. The molecule has 0 aliphatic heterocycles. The molecule has 1 aliphatic carbocycles. The number of nitrogens with zero attached hydrogens (tertiary/aromatic N) is 1. The van der Waals surface area contributed by atoms with Crippen LogP contribution in [0.3, 0.4) is 0 Å². The van der Waals surface area contributed by atoms with Crippen LogP contribution in [-0.2, 0) is 6.42 Å². The van der Waals surface area contributed by atoms with Gasteiger partial charge in [0.15, 0.2) is 0 Å². The summed E-state index contributed by atoms with van der Waals surface area (Å²) < 4.78 is 0. The fraction of sp³-hybridized carbons (Fsp3) is 0.625. The van der Waals surface area contributed by atoms with Crippen LogP contribution < -0.4 is 5.73 Å². The van der Waals surface area contributed by atoms with Crippen LogP contribution in [0, 0.1) is 5.92 Å². The van der Waals surface area contributed by atoms with E-state index in [1.807, 2.05) is 0 Å². The summed E-state index contributed by atoms with van der Waals surface area (Å²) in [4.78, 5) is 2.56. The standard InChI is InChI=1S/C16H26N2/c1-2-10-18(12-15-8-9-15)13-16(17)11-14-6-4-3-5-7-14/h3-7,15-16H,2,8-13,17H2,1H3/t16-/m0/s1. The molecule has 2 nitrogen and oxygen atoms in total. The quantitative estimate of drug-likeness (QED) is 0.764. The van der Waals surface area contributed by atoms with Gasteiger partial charge in [-0.2, -0.15) is 0 Å². The first-order valence-electron chi connectivity index (χ1n) is 7.29. The molecule has 0 spiro atoms. The van der Waals surface area contributed by atoms with Crippen molar-refractivity contribution in [1.82, 2.24) is 4.90 Å². The molecule has 1 fully saturated rings.